The summed E-state index contributed by atoms with van der Waals surface area (Å²) in [5, 5.41) is 3.48. The molecule has 8 heteroatoms. The first-order valence-electron chi connectivity index (χ1n) is 3.10. The highest BCUT2D eigenvalue weighted by Crippen LogP contribution is 2.20. The maximum Gasteiger partial charge on any atom is 0.411 e. The van der Waals surface area contributed by atoms with Gasteiger partial charge in [-0.1, -0.05) is 16.1 Å². The van der Waals surface area contributed by atoms with Crippen LogP contribution in [-0.2, 0) is 11.3 Å². The Morgan fingerprint density at radius 1 is 1.46 bits per heavy atom. The van der Waals surface area contributed by atoms with E-state index in [0.717, 1.165) is 11.5 Å². The van der Waals surface area contributed by atoms with Crippen LogP contribution in [0.25, 0.3) is 0 Å². The highest BCUT2D eigenvalue weighted by Gasteiger charge is 2.27. The van der Waals surface area contributed by atoms with Crippen molar-refractivity contribution in [3.63, 3.8) is 0 Å². The van der Waals surface area contributed by atoms with Gasteiger partial charge < -0.3 is 4.74 Å². The van der Waals surface area contributed by atoms with E-state index in [1.807, 2.05) is 0 Å². The highest BCUT2D eigenvalue weighted by molar-refractivity contribution is 7.10. The third kappa shape index (κ3) is 3.88. The zero-order valence-corrected chi connectivity index (χ0v) is 7.71. The molecule has 0 aliphatic carbocycles. The molecule has 0 aliphatic heterocycles. The Bertz CT molecular complexity index is 277. The predicted octanol–water partition coefficient (Wildman–Crippen LogP) is 2.27. The monoisotopic (exact) mass is 232 g/mol. The number of alkyl halides is 3. The fourth-order valence-electron chi connectivity index (χ4n) is 0.547. The number of hydrogen-bond acceptors (Lipinski definition) is 4. The van der Waals surface area contributed by atoms with Crippen LogP contribution < -0.4 is 0 Å². The third-order valence-electron chi connectivity index (χ3n) is 1.01. The van der Waals surface area contributed by atoms with Crippen molar-refractivity contribution in [2.24, 2.45) is 0 Å². The number of hydrogen-bond donors (Lipinski definition) is 0. The number of nitrogens with zero attached hydrogens (tertiary/aromatic N) is 2. The van der Waals surface area contributed by atoms with Gasteiger partial charge in [0.2, 0.25) is 0 Å². The van der Waals surface area contributed by atoms with Crippen molar-refractivity contribution in [3.8, 4) is 0 Å². The van der Waals surface area contributed by atoms with Gasteiger partial charge in [-0.2, -0.15) is 13.2 Å². The van der Waals surface area contributed by atoms with Gasteiger partial charge in [0.05, 0.1) is 6.61 Å². The van der Waals surface area contributed by atoms with E-state index in [1.54, 1.807) is 0 Å². The van der Waals surface area contributed by atoms with Gasteiger partial charge >= 0.3 is 6.18 Å². The third-order valence-corrected chi connectivity index (χ3v) is 2.00. The van der Waals surface area contributed by atoms with Crippen LogP contribution in [0.2, 0.25) is 4.34 Å². The van der Waals surface area contributed by atoms with Gasteiger partial charge in [0.15, 0.2) is 0 Å². The Morgan fingerprint density at radius 3 is 2.62 bits per heavy atom. The summed E-state index contributed by atoms with van der Waals surface area (Å²) in [5.74, 6) is 0. The van der Waals surface area contributed by atoms with Crippen LogP contribution in [0.4, 0.5) is 13.2 Å². The Balaban J connectivity index is 2.32. The second-order valence-corrected chi connectivity index (χ2v) is 3.46. The van der Waals surface area contributed by atoms with Crippen LogP contribution in [0.5, 0.6) is 0 Å². The second kappa shape index (κ2) is 4.21. The summed E-state index contributed by atoms with van der Waals surface area (Å²) in [6, 6.07) is 0. The van der Waals surface area contributed by atoms with E-state index >= 15 is 0 Å². The lowest BCUT2D eigenvalue weighted by molar-refractivity contribution is -0.176. The molecule has 0 spiro atoms. The maximum absolute atomic E-state index is 11.6. The summed E-state index contributed by atoms with van der Waals surface area (Å²) >= 11 is 6.43. The summed E-state index contributed by atoms with van der Waals surface area (Å²) in [7, 11) is 0. The Labute approximate surface area is 80.6 Å². The van der Waals surface area contributed by atoms with Crippen LogP contribution in [0, 0.1) is 0 Å². The van der Waals surface area contributed by atoms with Gasteiger partial charge in [0.25, 0.3) is 0 Å². The van der Waals surface area contributed by atoms with Crippen molar-refractivity contribution >= 4 is 23.1 Å². The molecule has 1 aromatic heterocycles. The maximum atomic E-state index is 11.6. The van der Waals surface area contributed by atoms with Crippen LogP contribution in [0.3, 0.4) is 0 Å². The summed E-state index contributed by atoms with van der Waals surface area (Å²) < 4.78 is 42.8. The molecule has 3 nitrogen and oxygen atoms in total. The molecule has 13 heavy (non-hydrogen) atoms. The zero-order valence-electron chi connectivity index (χ0n) is 6.14. The SMILES string of the molecule is FC(F)(F)COCc1nnsc1Cl. The van der Waals surface area contributed by atoms with Crippen molar-refractivity contribution in [1.29, 1.82) is 0 Å². The minimum absolute atomic E-state index is 0.232. The lowest BCUT2D eigenvalue weighted by Gasteiger charge is -2.05. The van der Waals surface area contributed by atoms with Crippen molar-refractivity contribution in [2.45, 2.75) is 12.8 Å². The summed E-state index contributed by atoms with van der Waals surface area (Å²) in [4.78, 5) is 0. The molecule has 1 rings (SSSR count). The molecule has 0 unspecified atom stereocenters. The minimum Gasteiger partial charge on any atom is -0.366 e. The lowest BCUT2D eigenvalue weighted by Crippen LogP contribution is -2.16. The molecule has 1 aromatic rings. The first-order chi connectivity index (χ1) is 5.99. The van der Waals surface area contributed by atoms with E-state index in [-0.39, 0.29) is 16.6 Å². The molecule has 0 fully saturated rings. The van der Waals surface area contributed by atoms with E-state index in [1.165, 1.54) is 0 Å². The van der Waals surface area contributed by atoms with Crippen molar-refractivity contribution in [1.82, 2.24) is 9.59 Å². The van der Waals surface area contributed by atoms with Gasteiger partial charge in [0, 0.05) is 11.5 Å². The van der Waals surface area contributed by atoms with Crippen LogP contribution in [0.15, 0.2) is 0 Å². The van der Waals surface area contributed by atoms with Gasteiger partial charge in [0.1, 0.15) is 16.6 Å². The summed E-state index contributed by atoms with van der Waals surface area (Å²) in [5.41, 5.74) is 0.232. The molecule has 0 aliphatic rings. The van der Waals surface area contributed by atoms with E-state index in [0.29, 0.717) is 0 Å². The number of aromatic nitrogens is 2. The quantitative estimate of drug-likeness (QED) is 0.802. The lowest BCUT2D eigenvalue weighted by atomic mass is 10.5. The van der Waals surface area contributed by atoms with Gasteiger partial charge in [-0.3, -0.25) is 0 Å². The molecule has 0 saturated carbocycles. The Morgan fingerprint density at radius 2 is 2.15 bits per heavy atom. The first kappa shape index (κ1) is 10.7. The molecular weight excluding hydrogens is 229 g/mol. The van der Waals surface area contributed by atoms with E-state index in [2.05, 4.69) is 14.3 Å². The van der Waals surface area contributed by atoms with Gasteiger partial charge in [-0.15, -0.1) is 5.10 Å². The smallest absolute Gasteiger partial charge is 0.366 e. The van der Waals surface area contributed by atoms with E-state index in [9.17, 15) is 13.2 Å². The summed E-state index contributed by atoms with van der Waals surface area (Å²) in [6.45, 7) is -1.57. The predicted molar refractivity (Wildman–Crippen MR) is 40.6 cm³/mol. The molecule has 1 heterocycles. The fraction of sp³-hybridized carbons (Fsp3) is 0.600. The first-order valence-corrected chi connectivity index (χ1v) is 4.25. The largest absolute Gasteiger partial charge is 0.411 e. The molecule has 74 valence electrons. The average Bonchev–Trinajstić information content (AvgIpc) is 2.34. The molecular formula is C5H4ClF3N2OS. The van der Waals surface area contributed by atoms with Crippen molar-refractivity contribution < 1.29 is 17.9 Å². The second-order valence-electron chi connectivity index (χ2n) is 2.10. The van der Waals surface area contributed by atoms with Crippen LogP contribution >= 0.6 is 23.1 Å². The normalized spacial score (nSPS) is 12.0. The average molecular weight is 233 g/mol. The Kier molecular flexibility index (Phi) is 3.46. The van der Waals surface area contributed by atoms with Crippen LogP contribution in [0.1, 0.15) is 5.69 Å². The molecule has 0 aromatic carbocycles. The van der Waals surface area contributed by atoms with Crippen LogP contribution in [-0.4, -0.2) is 22.4 Å². The van der Waals surface area contributed by atoms with E-state index in [4.69, 9.17) is 11.6 Å². The number of ether oxygens (including phenoxy) is 1. The standard InChI is InChI=1S/C5H4ClF3N2OS/c6-4-3(10-11-13-4)1-12-2-5(7,8)9/h1-2H2. The van der Waals surface area contributed by atoms with Gasteiger partial charge in [-0.25, -0.2) is 0 Å². The molecule has 0 saturated heterocycles. The van der Waals surface area contributed by atoms with E-state index < -0.39 is 12.8 Å². The minimum atomic E-state index is -4.32. The number of halogens is 4. The summed E-state index contributed by atoms with van der Waals surface area (Å²) in [6.07, 6.45) is -4.32. The van der Waals surface area contributed by atoms with Crippen molar-refractivity contribution in [3.05, 3.63) is 10.0 Å². The highest BCUT2D eigenvalue weighted by atomic mass is 35.5. The Hall–Kier alpha value is -0.400. The molecule has 0 amide bonds. The number of rotatable bonds is 3. The van der Waals surface area contributed by atoms with Gasteiger partial charge in [-0.05, 0) is 0 Å². The molecule has 0 atom stereocenters. The molecule has 0 bridgehead atoms. The zero-order chi connectivity index (χ0) is 9.90. The molecule has 0 radical (unpaired) electrons. The fourth-order valence-corrected chi connectivity index (χ4v) is 1.15. The van der Waals surface area contributed by atoms with Crippen molar-refractivity contribution in [2.75, 3.05) is 6.61 Å². The molecule has 0 N–H and O–H groups in total. The topological polar surface area (TPSA) is 35.0 Å².